The molecule has 1 heterocycles. The summed E-state index contributed by atoms with van der Waals surface area (Å²) in [6, 6.07) is 0. The normalized spacial score (nSPS) is 32.1. The van der Waals surface area contributed by atoms with Gasteiger partial charge < -0.3 is 5.73 Å². The third-order valence-corrected chi connectivity index (χ3v) is 3.99. The van der Waals surface area contributed by atoms with Crippen molar-refractivity contribution in [3.8, 4) is 0 Å². The van der Waals surface area contributed by atoms with Gasteiger partial charge in [0.1, 0.15) is 0 Å². The molecule has 2 N–H and O–H groups in total. The molecule has 13 heavy (non-hydrogen) atoms. The summed E-state index contributed by atoms with van der Waals surface area (Å²) < 4.78 is 0. The Bertz CT molecular complexity index is 306. The van der Waals surface area contributed by atoms with Crippen LogP contribution < -0.4 is 5.73 Å². The number of hydrogen-bond acceptors (Lipinski definition) is 2. The molecule has 2 atom stereocenters. The first kappa shape index (κ1) is 8.88. The molecule has 2 unspecified atom stereocenters. The van der Waals surface area contributed by atoms with Gasteiger partial charge in [-0.2, -0.15) is 0 Å². The zero-order chi connectivity index (χ0) is 9.42. The van der Waals surface area contributed by atoms with Crippen molar-refractivity contribution in [3.63, 3.8) is 0 Å². The van der Waals surface area contributed by atoms with Crippen LogP contribution in [0.4, 0.5) is 0 Å². The monoisotopic (exact) mass is 195 g/mol. The molecule has 0 spiro atoms. The van der Waals surface area contributed by atoms with E-state index in [1.807, 2.05) is 0 Å². The molecule has 0 aromatic rings. The van der Waals surface area contributed by atoms with E-state index in [2.05, 4.69) is 19.1 Å². The number of nitrogens with two attached hydrogens (primary N) is 1. The first-order valence-electron chi connectivity index (χ1n) is 4.49. The Balaban J connectivity index is 2.21. The highest BCUT2D eigenvalue weighted by molar-refractivity contribution is 8.03. The van der Waals surface area contributed by atoms with Crippen molar-refractivity contribution in [2.45, 2.75) is 13.3 Å². The Hall–Kier alpha value is -0.700. The number of carbonyl (C=O) groups is 1. The van der Waals surface area contributed by atoms with Gasteiger partial charge >= 0.3 is 0 Å². The van der Waals surface area contributed by atoms with Gasteiger partial charge in [-0.15, -0.1) is 11.8 Å². The molecule has 0 aromatic heterocycles. The van der Waals surface area contributed by atoms with E-state index in [0.29, 0.717) is 5.92 Å². The van der Waals surface area contributed by atoms with E-state index in [4.69, 9.17) is 5.73 Å². The van der Waals surface area contributed by atoms with Crippen LogP contribution in [0.5, 0.6) is 0 Å². The molecule has 3 heteroatoms. The number of hydrogen-bond donors (Lipinski definition) is 1. The lowest BCUT2D eigenvalue weighted by atomic mass is 9.86. The van der Waals surface area contributed by atoms with E-state index < -0.39 is 0 Å². The van der Waals surface area contributed by atoms with Gasteiger partial charge in [0.25, 0.3) is 0 Å². The van der Waals surface area contributed by atoms with Crippen LogP contribution in [0, 0.1) is 11.8 Å². The zero-order valence-electron chi connectivity index (χ0n) is 7.62. The molecule has 0 saturated carbocycles. The van der Waals surface area contributed by atoms with Gasteiger partial charge in [-0.1, -0.05) is 11.6 Å². The maximum Gasteiger partial charge on any atom is 0.222 e. The summed E-state index contributed by atoms with van der Waals surface area (Å²) >= 11 is 1.79. The highest BCUT2D eigenvalue weighted by atomic mass is 32.2. The van der Waals surface area contributed by atoms with E-state index in [1.54, 1.807) is 11.8 Å². The average molecular weight is 195 g/mol. The van der Waals surface area contributed by atoms with Crippen LogP contribution in [0.15, 0.2) is 22.6 Å². The lowest BCUT2D eigenvalue weighted by molar-refractivity contribution is -0.122. The van der Waals surface area contributed by atoms with Crippen molar-refractivity contribution in [2.75, 3.05) is 5.75 Å². The predicted molar refractivity (Wildman–Crippen MR) is 55.1 cm³/mol. The average Bonchev–Trinajstić information content (AvgIpc) is 2.46. The maximum absolute atomic E-state index is 11.1. The van der Waals surface area contributed by atoms with Gasteiger partial charge in [-0.05, 0) is 24.3 Å². The van der Waals surface area contributed by atoms with E-state index in [9.17, 15) is 4.79 Å². The topological polar surface area (TPSA) is 43.1 Å². The van der Waals surface area contributed by atoms with Crippen molar-refractivity contribution in [1.29, 1.82) is 0 Å². The fourth-order valence-electron chi connectivity index (χ4n) is 1.91. The third kappa shape index (κ3) is 1.53. The number of thioether (sulfide) groups is 1. The summed E-state index contributed by atoms with van der Waals surface area (Å²) in [5, 5.41) is 0. The van der Waals surface area contributed by atoms with Crippen LogP contribution in [0.1, 0.15) is 13.3 Å². The van der Waals surface area contributed by atoms with Crippen molar-refractivity contribution in [2.24, 2.45) is 17.6 Å². The molecule has 1 fully saturated rings. The second-order valence-electron chi connectivity index (χ2n) is 3.66. The molecule has 0 bridgehead atoms. The minimum Gasteiger partial charge on any atom is -0.369 e. The molecule has 1 aliphatic heterocycles. The summed E-state index contributed by atoms with van der Waals surface area (Å²) in [5.74, 6) is 1.16. The Morgan fingerprint density at radius 3 is 3.15 bits per heavy atom. The molecule has 0 radical (unpaired) electrons. The van der Waals surface area contributed by atoms with Gasteiger partial charge in [-0.25, -0.2) is 0 Å². The van der Waals surface area contributed by atoms with Gasteiger partial charge in [0, 0.05) is 11.7 Å². The summed E-state index contributed by atoms with van der Waals surface area (Å²) in [5.41, 5.74) is 6.65. The van der Waals surface area contributed by atoms with Crippen LogP contribution in [0.3, 0.4) is 0 Å². The molecular formula is C10H13NOS. The summed E-state index contributed by atoms with van der Waals surface area (Å²) in [4.78, 5) is 12.4. The summed E-state index contributed by atoms with van der Waals surface area (Å²) in [6.07, 6.45) is 5.36. The molecule has 0 aromatic carbocycles. The second-order valence-corrected chi connectivity index (χ2v) is 4.75. The molecular weight excluding hydrogens is 182 g/mol. The molecule has 2 rings (SSSR count). The van der Waals surface area contributed by atoms with E-state index in [-0.39, 0.29) is 11.8 Å². The molecule has 1 aliphatic carbocycles. The minimum absolute atomic E-state index is 0.0561. The van der Waals surface area contributed by atoms with Gasteiger partial charge in [0.05, 0.1) is 5.92 Å². The SMILES string of the molecule is CC1=CCC2C(=C1)SCC2C(N)=O. The third-order valence-electron chi connectivity index (χ3n) is 2.71. The highest BCUT2D eigenvalue weighted by Crippen LogP contribution is 2.45. The van der Waals surface area contributed by atoms with Crippen molar-refractivity contribution in [3.05, 3.63) is 22.6 Å². The smallest absolute Gasteiger partial charge is 0.222 e. The van der Waals surface area contributed by atoms with E-state index in [1.165, 1.54) is 10.5 Å². The molecule has 2 aliphatic rings. The zero-order valence-corrected chi connectivity index (χ0v) is 8.43. The number of amides is 1. The van der Waals surface area contributed by atoms with Crippen LogP contribution >= 0.6 is 11.8 Å². The van der Waals surface area contributed by atoms with Crippen molar-refractivity contribution >= 4 is 17.7 Å². The number of carbonyl (C=O) groups excluding carboxylic acids is 1. The number of primary amides is 1. The Morgan fingerprint density at radius 2 is 2.46 bits per heavy atom. The standard InChI is InChI=1S/C10H13NOS/c1-6-2-3-7-8(10(11)12)5-13-9(7)4-6/h2,4,7-8H,3,5H2,1H3,(H2,11,12). The van der Waals surface area contributed by atoms with Crippen molar-refractivity contribution in [1.82, 2.24) is 0 Å². The largest absolute Gasteiger partial charge is 0.369 e. The first-order chi connectivity index (χ1) is 6.18. The maximum atomic E-state index is 11.1. The summed E-state index contributed by atoms with van der Waals surface area (Å²) in [7, 11) is 0. The lowest BCUT2D eigenvalue weighted by Crippen LogP contribution is -2.28. The van der Waals surface area contributed by atoms with E-state index in [0.717, 1.165) is 12.2 Å². The first-order valence-corrected chi connectivity index (χ1v) is 5.47. The van der Waals surface area contributed by atoms with Crippen molar-refractivity contribution < 1.29 is 4.79 Å². The van der Waals surface area contributed by atoms with Gasteiger partial charge in [-0.3, -0.25) is 4.79 Å². The second kappa shape index (κ2) is 3.22. The predicted octanol–water partition coefficient (Wildman–Crippen LogP) is 1.68. The van der Waals surface area contributed by atoms with Crippen LogP contribution in [0.2, 0.25) is 0 Å². The Morgan fingerprint density at radius 1 is 1.69 bits per heavy atom. The fraction of sp³-hybridized carbons (Fsp3) is 0.500. The molecule has 1 saturated heterocycles. The van der Waals surface area contributed by atoms with Crippen LogP contribution in [0.25, 0.3) is 0 Å². The number of allylic oxidation sites excluding steroid dienone is 4. The fourth-order valence-corrected chi connectivity index (χ4v) is 3.43. The number of fused-ring (bicyclic) bond motifs is 1. The number of rotatable bonds is 1. The molecule has 1 amide bonds. The minimum atomic E-state index is -0.145. The Labute approximate surface area is 82.3 Å². The lowest BCUT2D eigenvalue weighted by Gasteiger charge is -2.18. The molecule has 70 valence electrons. The van der Waals surface area contributed by atoms with Crippen LogP contribution in [-0.4, -0.2) is 11.7 Å². The molecule has 2 nitrogen and oxygen atoms in total. The van der Waals surface area contributed by atoms with Gasteiger partial charge in [0.15, 0.2) is 0 Å². The van der Waals surface area contributed by atoms with E-state index >= 15 is 0 Å². The summed E-state index contributed by atoms with van der Waals surface area (Å²) in [6.45, 7) is 2.10. The van der Waals surface area contributed by atoms with Crippen LogP contribution in [-0.2, 0) is 4.79 Å². The highest BCUT2D eigenvalue weighted by Gasteiger charge is 2.36. The van der Waals surface area contributed by atoms with Gasteiger partial charge in [0.2, 0.25) is 5.91 Å². The Kier molecular flexibility index (Phi) is 2.20. The quantitative estimate of drug-likeness (QED) is 0.692.